The largest absolute Gasteiger partial charge is 0.489 e. The van der Waals surface area contributed by atoms with E-state index in [0.717, 1.165) is 5.56 Å². The number of fused-ring (bicyclic) bond motifs is 1. The van der Waals surface area contributed by atoms with Gasteiger partial charge in [0.1, 0.15) is 12.4 Å². The van der Waals surface area contributed by atoms with Crippen molar-refractivity contribution in [2.45, 2.75) is 13.5 Å². The van der Waals surface area contributed by atoms with Crippen molar-refractivity contribution in [3.05, 3.63) is 59.7 Å². The van der Waals surface area contributed by atoms with Crippen LogP contribution in [-0.4, -0.2) is 18.2 Å². The number of amides is 1. The second-order valence-corrected chi connectivity index (χ2v) is 4.98. The molecule has 0 radical (unpaired) electrons. The summed E-state index contributed by atoms with van der Waals surface area (Å²) in [5, 5.41) is 0. The molecule has 0 atom stereocenters. The van der Waals surface area contributed by atoms with Gasteiger partial charge in [-0.2, -0.15) is 0 Å². The number of carbonyl (C=O) groups excluding carboxylic acids is 2. The third-order valence-electron chi connectivity index (χ3n) is 3.49. The first-order chi connectivity index (χ1) is 10.1. The number of benzene rings is 2. The average molecular weight is 281 g/mol. The molecule has 21 heavy (non-hydrogen) atoms. The number of ketones is 1. The van der Waals surface area contributed by atoms with Crippen LogP contribution in [0.5, 0.6) is 5.75 Å². The molecule has 2 aromatic rings. The summed E-state index contributed by atoms with van der Waals surface area (Å²) in [4.78, 5) is 24.9. The number of nitrogens with zero attached hydrogens (tertiary/aromatic N) is 1. The fraction of sp³-hybridized carbons (Fsp3) is 0.176. The lowest BCUT2D eigenvalue weighted by Crippen LogP contribution is -2.27. The summed E-state index contributed by atoms with van der Waals surface area (Å²) in [5.74, 6) is 0.460. The number of Topliss-reactive ketones (excluding diaryl/α,β-unsaturated/α-hetero) is 1. The van der Waals surface area contributed by atoms with Crippen LogP contribution in [0.25, 0.3) is 0 Å². The zero-order valence-corrected chi connectivity index (χ0v) is 11.7. The number of rotatable bonds is 3. The molecule has 3 rings (SSSR count). The van der Waals surface area contributed by atoms with Crippen LogP contribution in [0.2, 0.25) is 0 Å². The lowest BCUT2D eigenvalue weighted by molar-refractivity contribution is -0.116. The van der Waals surface area contributed by atoms with E-state index < -0.39 is 0 Å². The number of hydrogen-bond donors (Lipinski definition) is 0. The van der Waals surface area contributed by atoms with Crippen LogP contribution in [0.1, 0.15) is 22.8 Å². The lowest BCUT2D eigenvalue weighted by Gasteiger charge is -2.14. The topological polar surface area (TPSA) is 46.6 Å². The van der Waals surface area contributed by atoms with Gasteiger partial charge >= 0.3 is 0 Å². The molecular formula is C17H15NO3. The molecule has 2 aromatic carbocycles. The molecule has 0 saturated heterocycles. The molecule has 1 heterocycles. The van der Waals surface area contributed by atoms with Gasteiger partial charge in [0, 0.05) is 12.5 Å². The molecule has 0 bridgehead atoms. The van der Waals surface area contributed by atoms with Gasteiger partial charge in [-0.15, -0.1) is 0 Å². The summed E-state index contributed by atoms with van der Waals surface area (Å²) in [6.45, 7) is 2.03. The van der Waals surface area contributed by atoms with Crippen molar-refractivity contribution in [3.63, 3.8) is 0 Å². The highest BCUT2D eigenvalue weighted by atomic mass is 16.5. The Morgan fingerprint density at radius 3 is 2.67 bits per heavy atom. The van der Waals surface area contributed by atoms with Crippen LogP contribution in [0.3, 0.4) is 0 Å². The normalized spacial score (nSPS) is 13.2. The Hall–Kier alpha value is -2.62. The molecule has 0 fully saturated rings. The molecule has 1 aliphatic heterocycles. The molecule has 0 aromatic heterocycles. The van der Waals surface area contributed by atoms with Gasteiger partial charge < -0.3 is 9.64 Å². The van der Waals surface area contributed by atoms with Crippen molar-refractivity contribution in [3.8, 4) is 5.75 Å². The minimum Gasteiger partial charge on any atom is -0.489 e. The zero-order chi connectivity index (χ0) is 14.8. The molecule has 0 unspecified atom stereocenters. The Kier molecular flexibility index (Phi) is 3.44. The summed E-state index contributed by atoms with van der Waals surface area (Å²) < 4.78 is 5.71. The van der Waals surface area contributed by atoms with Crippen LogP contribution >= 0.6 is 0 Å². The Morgan fingerprint density at radius 2 is 1.95 bits per heavy atom. The summed E-state index contributed by atoms with van der Waals surface area (Å²) in [5.41, 5.74) is 2.28. The Labute approximate surface area is 123 Å². The zero-order valence-electron chi connectivity index (χ0n) is 11.7. The van der Waals surface area contributed by atoms with Crippen LogP contribution in [0.4, 0.5) is 5.69 Å². The first-order valence-electron chi connectivity index (χ1n) is 6.77. The van der Waals surface area contributed by atoms with Crippen LogP contribution in [0, 0.1) is 0 Å². The standard InChI is InChI=1S/C17H15NO3/c1-12(19)18-10-17(20)15-9-14(7-8-16(15)18)21-11-13-5-3-2-4-6-13/h2-9H,10-11H2,1H3. The summed E-state index contributed by atoms with van der Waals surface area (Å²) in [6, 6.07) is 15.1. The van der Waals surface area contributed by atoms with E-state index in [1.165, 1.54) is 11.8 Å². The summed E-state index contributed by atoms with van der Waals surface area (Å²) in [7, 11) is 0. The van der Waals surface area contributed by atoms with Gasteiger partial charge in [0.15, 0.2) is 5.78 Å². The highest BCUT2D eigenvalue weighted by molar-refractivity contribution is 6.15. The molecule has 4 nitrogen and oxygen atoms in total. The van der Waals surface area contributed by atoms with Crippen LogP contribution in [-0.2, 0) is 11.4 Å². The molecule has 1 aliphatic rings. The van der Waals surface area contributed by atoms with E-state index in [-0.39, 0.29) is 18.2 Å². The van der Waals surface area contributed by atoms with E-state index in [2.05, 4.69) is 0 Å². The molecule has 0 N–H and O–H groups in total. The molecular weight excluding hydrogens is 266 g/mol. The Morgan fingerprint density at radius 1 is 1.19 bits per heavy atom. The molecule has 106 valence electrons. The van der Waals surface area contributed by atoms with E-state index in [0.29, 0.717) is 23.6 Å². The van der Waals surface area contributed by atoms with Crippen LogP contribution < -0.4 is 9.64 Å². The van der Waals surface area contributed by atoms with Gasteiger partial charge in [0.2, 0.25) is 5.91 Å². The first kappa shape index (κ1) is 13.4. The molecule has 0 aliphatic carbocycles. The van der Waals surface area contributed by atoms with Gasteiger partial charge in [-0.05, 0) is 23.8 Å². The fourth-order valence-corrected chi connectivity index (χ4v) is 2.40. The van der Waals surface area contributed by atoms with Crippen molar-refractivity contribution >= 4 is 17.4 Å². The maximum atomic E-state index is 12.0. The number of ether oxygens (including phenoxy) is 1. The van der Waals surface area contributed by atoms with E-state index in [9.17, 15) is 9.59 Å². The predicted octanol–water partition coefficient (Wildman–Crippen LogP) is 2.81. The monoisotopic (exact) mass is 281 g/mol. The van der Waals surface area contributed by atoms with Crippen molar-refractivity contribution in [2.75, 3.05) is 11.4 Å². The quantitative estimate of drug-likeness (QED) is 0.869. The SMILES string of the molecule is CC(=O)N1CC(=O)c2cc(OCc3ccccc3)ccc21. The van der Waals surface area contributed by atoms with Gasteiger partial charge in [-0.25, -0.2) is 0 Å². The predicted molar refractivity (Wildman–Crippen MR) is 79.6 cm³/mol. The molecule has 4 heteroatoms. The lowest BCUT2D eigenvalue weighted by atomic mass is 10.1. The third kappa shape index (κ3) is 2.65. The molecule has 0 spiro atoms. The van der Waals surface area contributed by atoms with Gasteiger partial charge in [0.25, 0.3) is 0 Å². The average Bonchev–Trinajstić information content (AvgIpc) is 2.83. The second kappa shape index (κ2) is 5.40. The van der Waals surface area contributed by atoms with Crippen LogP contribution in [0.15, 0.2) is 48.5 Å². The van der Waals surface area contributed by atoms with Gasteiger partial charge in [0.05, 0.1) is 12.2 Å². The smallest absolute Gasteiger partial charge is 0.224 e. The first-order valence-corrected chi connectivity index (χ1v) is 6.77. The maximum Gasteiger partial charge on any atom is 0.224 e. The highest BCUT2D eigenvalue weighted by Gasteiger charge is 2.29. The maximum absolute atomic E-state index is 12.0. The molecule has 0 saturated carbocycles. The van der Waals surface area contributed by atoms with Gasteiger partial charge in [-0.3, -0.25) is 9.59 Å². The highest BCUT2D eigenvalue weighted by Crippen LogP contribution is 2.31. The van der Waals surface area contributed by atoms with Gasteiger partial charge in [-0.1, -0.05) is 30.3 Å². The van der Waals surface area contributed by atoms with E-state index in [1.807, 2.05) is 30.3 Å². The Balaban J connectivity index is 1.79. The number of hydrogen-bond acceptors (Lipinski definition) is 3. The third-order valence-corrected chi connectivity index (χ3v) is 3.49. The van der Waals surface area contributed by atoms with Crippen molar-refractivity contribution in [1.29, 1.82) is 0 Å². The van der Waals surface area contributed by atoms with E-state index in [1.54, 1.807) is 18.2 Å². The summed E-state index contributed by atoms with van der Waals surface area (Å²) >= 11 is 0. The number of anilines is 1. The minimum atomic E-state index is -0.125. The second-order valence-electron chi connectivity index (χ2n) is 4.98. The Bertz CT molecular complexity index is 694. The van der Waals surface area contributed by atoms with E-state index >= 15 is 0 Å². The van der Waals surface area contributed by atoms with Crippen molar-refractivity contribution in [1.82, 2.24) is 0 Å². The van der Waals surface area contributed by atoms with Crippen molar-refractivity contribution in [2.24, 2.45) is 0 Å². The molecule has 1 amide bonds. The van der Waals surface area contributed by atoms with E-state index in [4.69, 9.17) is 4.74 Å². The minimum absolute atomic E-state index is 0.0506. The van der Waals surface area contributed by atoms with Crippen molar-refractivity contribution < 1.29 is 14.3 Å². The number of carbonyl (C=O) groups is 2. The fourth-order valence-electron chi connectivity index (χ4n) is 2.40. The summed E-state index contributed by atoms with van der Waals surface area (Å²) in [6.07, 6.45) is 0.